The zero-order valence-electron chi connectivity index (χ0n) is 12.3. The number of ketones is 1. The molecule has 0 saturated carbocycles. The maximum absolute atomic E-state index is 12.6. The Kier molecular flexibility index (Phi) is 5.67. The van der Waals surface area contributed by atoms with Crippen LogP contribution in [0.25, 0.3) is 0 Å². The van der Waals surface area contributed by atoms with E-state index in [1.165, 1.54) is 0 Å². The number of hydrogen-bond donors (Lipinski definition) is 0. The lowest BCUT2D eigenvalue weighted by molar-refractivity contribution is -0.117. The van der Waals surface area contributed by atoms with Crippen molar-refractivity contribution in [3.05, 3.63) is 40.8 Å². The fraction of sp³-hybridized carbons (Fsp3) is 0.438. The number of rotatable bonds is 5. The van der Waals surface area contributed by atoms with Crippen molar-refractivity contribution >= 4 is 16.6 Å². The van der Waals surface area contributed by atoms with Crippen molar-refractivity contribution in [2.75, 3.05) is 0 Å². The van der Waals surface area contributed by atoms with E-state index in [9.17, 15) is 9.00 Å². The van der Waals surface area contributed by atoms with Crippen LogP contribution in [0.4, 0.5) is 0 Å². The SMILES string of the molecule is Cc1ccc(S(=O)/C(=C\C(C)C)C(=O)C(C)C)cc1. The Morgan fingerprint density at radius 3 is 2.05 bits per heavy atom. The van der Waals surface area contributed by atoms with E-state index in [4.69, 9.17) is 0 Å². The molecule has 0 bridgehead atoms. The van der Waals surface area contributed by atoms with Crippen LogP contribution in [0.3, 0.4) is 0 Å². The molecular weight excluding hydrogens is 256 g/mol. The van der Waals surface area contributed by atoms with Gasteiger partial charge in [-0.1, -0.05) is 51.5 Å². The van der Waals surface area contributed by atoms with E-state index < -0.39 is 10.8 Å². The molecule has 0 N–H and O–H groups in total. The molecule has 0 fully saturated rings. The minimum atomic E-state index is -1.39. The predicted octanol–water partition coefficient (Wildman–Crippen LogP) is 3.87. The molecule has 0 spiro atoms. The van der Waals surface area contributed by atoms with Gasteiger partial charge in [0.2, 0.25) is 0 Å². The average molecular weight is 278 g/mol. The van der Waals surface area contributed by atoms with Gasteiger partial charge < -0.3 is 0 Å². The van der Waals surface area contributed by atoms with Gasteiger partial charge in [-0.25, -0.2) is 4.21 Å². The highest BCUT2D eigenvalue weighted by atomic mass is 32.2. The van der Waals surface area contributed by atoms with Gasteiger partial charge in [0.15, 0.2) is 5.78 Å². The van der Waals surface area contributed by atoms with Crippen LogP contribution in [-0.4, -0.2) is 9.99 Å². The van der Waals surface area contributed by atoms with Crippen molar-refractivity contribution in [3.8, 4) is 0 Å². The van der Waals surface area contributed by atoms with E-state index >= 15 is 0 Å². The number of hydrogen-bond acceptors (Lipinski definition) is 2. The molecule has 0 heterocycles. The fourth-order valence-electron chi connectivity index (χ4n) is 1.61. The quantitative estimate of drug-likeness (QED) is 0.766. The summed E-state index contributed by atoms with van der Waals surface area (Å²) in [7, 11) is -1.39. The fourth-order valence-corrected chi connectivity index (χ4v) is 3.06. The van der Waals surface area contributed by atoms with Gasteiger partial charge >= 0.3 is 0 Å². The maximum atomic E-state index is 12.6. The predicted molar refractivity (Wildman–Crippen MR) is 80.4 cm³/mol. The summed E-state index contributed by atoms with van der Waals surface area (Å²) >= 11 is 0. The van der Waals surface area contributed by atoms with Gasteiger partial charge in [0.05, 0.1) is 15.7 Å². The highest BCUT2D eigenvalue weighted by molar-refractivity contribution is 7.90. The molecule has 3 heteroatoms. The smallest absolute Gasteiger partial charge is 0.174 e. The highest BCUT2D eigenvalue weighted by Gasteiger charge is 2.21. The zero-order chi connectivity index (χ0) is 14.6. The first-order valence-electron chi connectivity index (χ1n) is 6.57. The summed E-state index contributed by atoms with van der Waals surface area (Å²) in [6, 6.07) is 7.49. The van der Waals surface area contributed by atoms with Crippen LogP contribution < -0.4 is 0 Å². The molecular formula is C16H22O2S. The summed E-state index contributed by atoms with van der Waals surface area (Å²) in [6.45, 7) is 9.63. The highest BCUT2D eigenvalue weighted by Crippen LogP contribution is 2.20. The van der Waals surface area contributed by atoms with Crippen molar-refractivity contribution in [2.24, 2.45) is 11.8 Å². The van der Waals surface area contributed by atoms with Crippen LogP contribution in [0, 0.1) is 18.8 Å². The Morgan fingerprint density at radius 2 is 1.63 bits per heavy atom. The molecule has 0 aliphatic heterocycles. The maximum Gasteiger partial charge on any atom is 0.174 e. The molecule has 0 radical (unpaired) electrons. The van der Waals surface area contributed by atoms with Gasteiger partial charge in [-0.05, 0) is 25.0 Å². The minimum Gasteiger partial charge on any atom is -0.293 e. The third kappa shape index (κ3) is 4.43. The standard InChI is InChI=1S/C16H22O2S/c1-11(2)10-15(16(17)12(3)4)19(18)14-8-6-13(5)7-9-14/h6-12H,1-5H3/b15-10-. The molecule has 1 aromatic rings. The molecule has 0 saturated heterocycles. The average Bonchev–Trinajstić information content (AvgIpc) is 2.35. The lowest BCUT2D eigenvalue weighted by Gasteiger charge is -2.11. The van der Waals surface area contributed by atoms with E-state index in [0.717, 1.165) is 5.56 Å². The minimum absolute atomic E-state index is 0.0346. The molecule has 1 atom stereocenters. The molecule has 1 unspecified atom stereocenters. The summed E-state index contributed by atoms with van der Waals surface area (Å²) in [5, 5.41) is 0. The van der Waals surface area contributed by atoms with E-state index in [1.54, 1.807) is 0 Å². The zero-order valence-corrected chi connectivity index (χ0v) is 13.1. The topological polar surface area (TPSA) is 34.1 Å². The molecule has 2 nitrogen and oxygen atoms in total. The number of benzene rings is 1. The van der Waals surface area contributed by atoms with Gasteiger partial charge in [0, 0.05) is 10.8 Å². The summed E-state index contributed by atoms with van der Waals surface area (Å²) in [6.07, 6.45) is 1.82. The van der Waals surface area contributed by atoms with Crippen molar-refractivity contribution in [2.45, 2.75) is 39.5 Å². The summed E-state index contributed by atoms with van der Waals surface area (Å²) in [5.74, 6) is 0.0269. The lowest BCUT2D eigenvalue weighted by atomic mass is 10.1. The van der Waals surface area contributed by atoms with Crippen LogP contribution in [0.1, 0.15) is 33.3 Å². The van der Waals surface area contributed by atoms with Gasteiger partial charge in [0.25, 0.3) is 0 Å². The summed E-state index contributed by atoms with van der Waals surface area (Å²) < 4.78 is 12.6. The molecule has 0 amide bonds. The normalized spacial score (nSPS) is 13.9. The first kappa shape index (κ1) is 15.8. The van der Waals surface area contributed by atoms with Gasteiger partial charge in [0.1, 0.15) is 0 Å². The molecule has 1 aromatic carbocycles. The Balaban J connectivity index is 3.15. The Labute approximate surface area is 118 Å². The third-order valence-corrected chi connectivity index (χ3v) is 4.12. The van der Waals surface area contributed by atoms with Crippen LogP contribution in [-0.2, 0) is 15.6 Å². The van der Waals surface area contributed by atoms with Crippen LogP contribution in [0.5, 0.6) is 0 Å². The second-order valence-electron chi connectivity index (χ2n) is 5.38. The number of carbonyl (C=O) groups is 1. The third-order valence-electron chi connectivity index (χ3n) is 2.69. The first-order valence-corrected chi connectivity index (χ1v) is 7.72. The van der Waals surface area contributed by atoms with Gasteiger partial charge in [-0.2, -0.15) is 0 Å². The second kappa shape index (κ2) is 6.80. The lowest BCUT2D eigenvalue weighted by Crippen LogP contribution is -2.15. The molecule has 19 heavy (non-hydrogen) atoms. The summed E-state index contributed by atoms with van der Waals surface area (Å²) in [5.41, 5.74) is 1.12. The van der Waals surface area contributed by atoms with E-state index in [-0.39, 0.29) is 17.6 Å². The number of carbonyl (C=O) groups excluding carboxylic acids is 1. The van der Waals surface area contributed by atoms with Crippen LogP contribution >= 0.6 is 0 Å². The largest absolute Gasteiger partial charge is 0.293 e. The van der Waals surface area contributed by atoms with Crippen LogP contribution in [0.15, 0.2) is 40.1 Å². The Bertz CT molecular complexity index is 496. The van der Waals surface area contributed by atoms with Crippen molar-refractivity contribution < 1.29 is 9.00 Å². The number of allylic oxidation sites excluding steroid dienone is 2. The molecule has 1 rings (SSSR count). The number of aryl methyl sites for hydroxylation is 1. The Hall–Kier alpha value is -1.22. The van der Waals surface area contributed by atoms with E-state index in [0.29, 0.717) is 9.80 Å². The van der Waals surface area contributed by atoms with Crippen molar-refractivity contribution in [1.29, 1.82) is 0 Å². The monoisotopic (exact) mass is 278 g/mol. The first-order chi connectivity index (χ1) is 8.82. The molecule has 0 aliphatic rings. The van der Waals surface area contributed by atoms with E-state index in [1.807, 2.05) is 65.0 Å². The van der Waals surface area contributed by atoms with Crippen LogP contribution in [0.2, 0.25) is 0 Å². The molecule has 0 aliphatic carbocycles. The molecule has 104 valence electrons. The van der Waals surface area contributed by atoms with Crippen molar-refractivity contribution in [3.63, 3.8) is 0 Å². The Morgan fingerprint density at radius 1 is 1.11 bits per heavy atom. The summed E-state index contributed by atoms with van der Waals surface area (Å²) in [4.78, 5) is 13.3. The number of Topliss-reactive ketones (excluding diaryl/α,β-unsaturated/α-hetero) is 1. The van der Waals surface area contributed by atoms with E-state index in [2.05, 4.69) is 0 Å². The van der Waals surface area contributed by atoms with Gasteiger partial charge in [-0.15, -0.1) is 0 Å². The second-order valence-corrected chi connectivity index (χ2v) is 6.82. The van der Waals surface area contributed by atoms with Crippen molar-refractivity contribution in [1.82, 2.24) is 0 Å². The van der Waals surface area contributed by atoms with Gasteiger partial charge in [-0.3, -0.25) is 4.79 Å². The molecule has 0 aromatic heterocycles.